The van der Waals surface area contributed by atoms with E-state index in [9.17, 15) is 13.2 Å². The van der Waals surface area contributed by atoms with Crippen LogP contribution >= 0.6 is 0 Å². The van der Waals surface area contributed by atoms with Crippen molar-refractivity contribution in [2.75, 3.05) is 30.1 Å². The predicted molar refractivity (Wildman–Crippen MR) is 111 cm³/mol. The second kappa shape index (κ2) is 8.52. The van der Waals surface area contributed by atoms with Gasteiger partial charge >= 0.3 is 0 Å². The molecule has 1 amide bonds. The van der Waals surface area contributed by atoms with Crippen molar-refractivity contribution in [2.45, 2.75) is 26.8 Å². The van der Waals surface area contributed by atoms with Gasteiger partial charge in [-0.05, 0) is 44.0 Å². The smallest absolute Gasteiger partial charge is 0.248 e. The lowest BCUT2D eigenvalue weighted by Crippen LogP contribution is -2.45. The lowest BCUT2D eigenvalue weighted by atomic mass is 10.1. The fourth-order valence-electron chi connectivity index (χ4n) is 3.01. The summed E-state index contributed by atoms with van der Waals surface area (Å²) in [4.78, 5) is 12.9. The number of nitrogens with zero attached hydrogens (tertiary/aromatic N) is 1. The van der Waals surface area contributed by atoms with E-state index in [2.05, 4.69) is 5.32 Å². The van der Waals surface area contributed by atoms with Crippen LogP contribution in [0.15, 0.2) is 36.4 Å². The Morgan fingerprint density at radius 1 is 1.04 bits per heavy atom. The molecule has 8 heteroatoms. The number of ether oxygens (including phenoxy) is 2. The minimum atomic E-state index is -3.74. The van der Waals surface area contributed by atoms with Crippen molar-refractivity contribution in [3.63, 3.8) is 0 Å². The maximum Gasteiger partial charge on any atom is 0.248 e. The van der Waals surface area contributed by atoms with Crippen molar-refractivity contribution in [2.24, 2.45) is 0 Å². The van der Waals surface area contributed by atoms with Crippen molar-refractivity contribution < 1.29 is 22.7 Å². The largest absolute Gasteiger partial charge is 0.493 e. The molecule has 28 heavy (non-hydrogen) atoms. The van der Waals surface area contributed by atoms with E-state index in [1.165, 1.54) is 20.3 Å². The first-order valence-electron chi connectivity index (χ1n) is 8.68. The third kappa shape index (κ3) is 4.56. The average molecular weight is 407 g/mol. The number of carbonyl (C=O) groups excluding carboxylic acids is 1. The molecule has 0 saturated heterocycles. The molecule has 0 fully saturated rings. The molecule has 2 rings (SSSR count). The maximum atomic E-state index is 12.9. The molecule has 0 aliphatic rings. The Morgan fingerprint density at radius 3 is 2.11 bits per heavy atom. The SMILES string of the molecule is COc1ccc(N(C(C)C(=O)Nc2c(C)cccc2C)S(C)(=O)=O)cc1OC. The Hall–Kier alpha value is -2.74. The first-order valence-corrected chi connectivity index (χ1v) is 10.5. The van der Waals surface area contributed by atoms with Gasteiger partial charge in [-0.15, -0.1) is 0 Å². The zero-order valence-corrected chi connectivity index (χ0v) is 17.8. The van der Waals surface area contributed by atoms with Gasteiger partial charge in [0.2, 0.25) is 15.9 Å². The molecule has 2 aromatic rings. The van der Waals surface area contributed by atoms with E-state index >= 15 is 0 Å². The molecule has 1 atom stereocenters. The molecule has 0 bridgehead atoms. The van der Waals surface area contributed by atoms with Gasteiger partial charge in [0, 0.05) is 11.8 Å². The molecule has 2 aromatic carbocycles. The first kappa shape index (κ1) is 21.6. The normalized spacial score (nSPS) is 12.2. The maximum absolute atomic E-state index is 12.9. The number of anilines is 2. The number of nitrogens with one attached hydrogen (secondary N) is 1. The summed E-state index contributed by atoms with van der Waals surface area (Å²) in [5.74, 6) is 0.404. The Kier molecular flexibility index (Phi) is 6.56. The van der Waals surface area contributed by atoms with E-state index < -0.39 is 22.0 Å². The van der Waals surface area contributed by atoms with Gasteiger partial charge in [0.1, 0.15) is 6.04 Å². The molecule has 0 aromatic heterocycles. The van der Waals surface area contributed by atoms with Crippen molar-refractivity contribution in [3.8, 4) is 11.5 Å². The topological polar surface area (TPSA) is 84.9 Å². The van der Waals surface area contributed by atoms with Gasteiger partial charge in [0.15, 0.2) is 11.5 Å². The molecular weight excluding hydrogens is 380 g/mol. The van der Waals surface area contributed by atoms with Crippen LogP contribution in [0.25, 0.3) is 0 Å². The summed E-state index contributed by atoms with van der Waals surface area (Å²) in [5.41, 5.74) is 2.79. The Labute approximate surface area is 166 Å². The fraction of sp³-hybridized carbons (Fsp3) is 0.350. The molecule has 1 N–H and O–H groups in total. The van der Waals surface area contributed by atoms with E-state index in [0.717, 1.165) is 21.7 Å². The second-order valence-electron chi connectivity index (χ2n) is 6.53. The highest BCUT2D eigenvalue weighted by Gasteiger charge is 2.30. The van der Waals surface area contributed by atoms with Crippen molar-refractivity contribution >= 4 is 27.3 Å². The summed E-state index contributed by atoms with van der Waals surface area (Å²) < 4.78 is 36.5. The molecule has 7 nitrogen and oxygen atoms in total. The summed E-state index contributed by atoms with van der Waals surface area (Å²) >= 11 is 0. The predicted octanol–water partition coefficient (Wildman–Crippen LogP) is 3.11. The van der Waals surface area contributed by atoms with Gasteiger partial charge in [-0.1, -0.05) is 18.2 Å². The average Bonchev–Trinajstić information content (AvgIpc) is 2.63. The quantitative estimate of drug-likeness (QED) is 0.764. The van der Waals surface area contributed by atoms with Crippen LogP contribution in [0.5, 0.6) is 11.5 Å². The van der Waals surface area contributed by atoms with E-state index in [-0.39, 0.29) is 0 Å². The van der Waals surface area contributed by atoms with Crippen LogP contribution < -0.4 is 19.1 Å². The number of benzene rings is 2. The van der Waals surface area contributed by atoms with E-state index in [1.54, 1.807) is 19.1 Å². The number of hydrogen-bond acceptors (Lipinski definition) is 5. The number of methoxy groups -OCH3 is 2. The van der Waals surface area contributed by atoms with Gasteiger partial charge in [-0.25, -0.2) is 8.42 Å². The van der Waals surface area contributed by atoms with Crippen LogP contribution in [-0.4, -0.2) is 40.8 Å². The second-order valence-corrected chi connectivity index (χ2v) is 8.39. The molecule has 0 radical (unpaired) electrons. The van der Waals surface area contributed by atoms with Crippen molar-refractivity contribution in [1.29, 1.82) is 0 Å². The van der Waals surface area contributed by atoms with Crippen LogP contribution in [0.2, 0.25) is 0 Å². The number of amides is 1. The summed E-state index contributed by atoms with van der Waals surface area (Å²) in [5, 5.41) is 2.85. The highest BCUT2D eigenvalue weighted by atomic mass is 32.2. The van der Waals surface area contributed by atoms with Gasteiger partial charge in [0.05, 0.1) is 26.2 Å². The summed E-state index contributed by atoms with van der Waals surface area (Å²) in [6, 6.07) is 9.39. The lowest BCUT2D eigenvalue weighted by molar-refractivity contribution is -0.116. The van der Waals surface area contributed by atoms with Crippen LogP contribution in [0, 0.1) is 13.8 Å². The number of hydrogen-bond donors (Lipinski definition) is 1. The Balaban J connectivity index is 2.42. The summed E-state index contributed by atoms with van der Waals surface area (Å²) in [6.45, 7) is 5.31. The van der Waals surface area contributed by atoms with E-state index in [1.807, 2.05) is 32.0 Å². The number of carbonyl (C=O) groups is 1. The number of aryl methyl sites for hydroxylation is 2. The monoisotopic (exact) mass is 406 g/mol. The Bertz CT molecular complexity index is 952. The zero-order chi connectivity index (χ0) is 21.1. The van der Waals surface area contributed by atoms with Crippen LogP contribution in [0.1, 0.15) is 18.1 Å². The van der Waals surface area contributed by atoms with Gasteiger partial charge < -0.3 is 14.8 Å². The molecule has 0 saturated carbocycles. The van der Waals surface area contributed by atoms with Crippen LogP contribution in [0.4, 0.5) is 11.4 Å². The highest BCUT2D eigenvalue weighted by Crippen LogP contribution is 2.33. The zero-order valence-electron chi connectivity index (χ0n) is 16.9. The van der Waals surface area contributed by atoms with Crippen molar-refractivity contribution in [1.82, 2.24) is 0 Å². The minimum Gasteiger partial charge on any atom is -0.493 e. The molecule has 0 aliphatic carbocycles. The minimum absolute atomic E-state index is 0.310. The van der Waals surface area contributed by atoms with Gasteiger partial charge in [0.25, 0.3) is 0 Å². The third-order valence-corrected chi connectivity index (χ3v) is 5.68. The third-order valence-electron chi connectivity index (χ3n) is 4.44. The van der Waals surface area contributed by atoms with E-state index in [0.29, 0.717) is 22.9 Å². The number of rotatable bonds is 7. The van der Waals surface area contributed by atoms with Crippen LogP contribution in [0.3, 0.4) is 0 Å². The van der Waals surface area contributed by atoms with Crippen LogP contribution in [-0.2, 0) is 14.8 Å². The lowest BCUT2D eigenvalue weighted by Gasteiger charge is -2.29. The van der Waals surface area contributed by atoms with Crippen molar-refractivity contribution in [3.05, 3.63) is 47.5 Å². The highest BCUT2D eigenvalue weighted by molar-refractivity contribution is 7.92. The summed E-state index contributed by atoms with van der Waals surface area (Å²) in [6.07, 6.45) is 1.06. The standard InChI is InChI=1S/C20H26N2O5S/c1-13-8-7-9-14(2)19(13)21-20(23)15(3)22(28(6,24)25)16-10-11-17(26-4)18(12-16)27-5/h7-12,15H,1-6H3,(H,21,23). The number of sulfonamides is 1. The molecule has 152 valence electrons. The van der Waals surface area contributed by atoms with E-state index in [4.69, 9.17) is 9.47 Å². The fourth-order valence-corrected chi connectivity index (χ4v) is 4.18. The number of para-hydroxylation sites is 1. The molecule has 0 spiro atoms. The molecular formula is C20H26N2O5S. The molecule has 0 aliphatic heterocycles. The molecule has 1 unspecified atom stereocenters. The molecule has 0 heterocycles. The van der Waals surface area contributed by atoms with Gasteiger partial charge in [-0.2, -0.15) is 0 Å². The summed E-state index contributed by atoms with van der Waals surface area (Å²) in [7, 11) is -0.789. The van der Waals surface area contributed by atoms with Gasteiger partial charge in [-0.3, -0.25) is 9.10 Å². The first-order chi connectivity index (χ1) is 13.1. The Morgan fingerprint density at radius 2 is 1.61 bits per heavy atom.